The molecule has 1 aromatic heterocycles. The van der Waals surface area contributed by atoms with E-state index < -0.39 is 17.6 Å². The summed E-state index contributed by atoms with van der Waals surface area (Å²) >= 11 is 0. The standard InChI is InChI=1S/C20H18FN3O3/c1-12-3-8-18-14(9-12)10-17(13(2)22-18)20(26)24-23-19(25)11-27-16-6-4-15(21)5-7-16/h3-10H,11H2,1-2H3,(H,23,25)(H,24,26). The van der Waals surface area contributed by atoms with E-state index in [0.29, 0.717) is 17.0 Å². The fraction of sp³-hybridized carbons (Fsp3) is 0.150. The maximum absolute atomic E-state index is 12.8. The second-order valence-electron chi connectivity index (χ2n) is 6.06. The van der Waals surface area contributed by atoms with E-state index in [2.05, 4.69) is 15.8 Å². The number of aryl methyl sites for hydroxylation is 2. The van der Waals surface area contributed by atoms with E-state index in [1.54, 1.807) is 13.0 Å². The van der Waals surface area contributed by atoms with Crippen molar-refractivity contribution in [1.82, 2.24) is 15.8 Å². The van der Waals surface area contributed by atoms with Gasteiger partial charge in [-0.1, -0.05) is 11.6 Å². The van der Waals surface area contributed by atoms with Crippen molar-refractivity contribution < 1.29 is 18.7 Å². The number of fused-ring (bicyclic) bond motifs is 1. The van der Waals surface area contributed by atoms with E-state index in [9.17, 15) is 14.0 Å². The molecule has 3 rings (SSSR count). The highest BCUT2D eigenvalue weighted by atomic mass is 19.1. The SMILES string of the molecule is Cc1ccc2nc(C)c(C(=O)NNC(=O)COc3ccc(F)cc3)cc2c1. The van der Waals surface area contributed by atoms with Crippen LogP contribution in [0.4, 0.5) is 4.39 Å². The largest absolute Gasteiger partial charge is 0.484 e. The van der Waals surface area contributed by atoms with E-state index in [0.717, 1.165) is 16.5 Å². The van der Waals surface area contributed by atoms with Crippen molar-refractivity contribution in [2.45, 2.75) is 13.8 Å². The van der Waals surface area contributed by atoms with Gasteiger partial charge in [-0.15, -0.1) is 0 Å². The Labute approximate surface area is 155 Å². The highest BCUT2D eigenvalue weighted by molar-refractivity contribution is 5.99. The van der Waals surface area contributed by atoms with Crippen LogP contribution in [0.5, 0.6) is 5.75 Å². The van der Waals surface area contributed by atoms with Crippen molar-refractivity contribution >= 4 is 22.7 Å². The molecule has 0 bridgehead atoms. The van der Waals surface area contributed by atoms with Crippen LogP contribution in [0.15, 0.2) is 48.5 Å². The number of carbonyl (C=O) groups is 2. The maximum atomic E-state index is 12.8. The number of rotatable bonds is 4. The minimum Gasteiger partial charge on any atom is -0.484 e. The molecule has 0 spiro atoms. The number of pyridine rings is 1. The van der Waals surface area contributed by atoms with E-state index in [4.69, 9.17) is 4.74 Å². The summed E-state index contributed by atoms with van der Waals surface area (Å²) in [6.07, 6.45) is 0. The zero-order valence-corrected chi connectivity index (χ0v) is 14.9. The lowest BCUT2D eigenvalue weighted by Gasteiger charge is -2.11. The van der Waals surface area contributed by atoms with Gasteiger partial charge in [-0.2, -0.15) is 0 Å². The first-order valence-electron chi connectivity index (χ1n) is 8.28. The van der Waals surface area contributed by atoms with Crippen LogP contribution in [0, 0.1) is 19.7 Å². The van der Waals surface area contributed by atoms with E-state index >= 15 is 0 Å². The molecule has 0 aliphatic rings. The summed E-state index contributed by atoms with van der Waals surface area (Å²) in [4.78, 5) is 28.6. The molecule has 3 aromatic rings. The van der Waals surface area contributed by atoms with Crippen LogP contribution in [0.25, 0.3) is 10.9 Å². The molecule has 7 heteroatoms. The number of ether oxygens (including phenoxy) is 1. The smallest absolute Gasteiger partial charge is 0.276 e. The van der Waals surface area contributed by atoms with Gasteiger partial charge in [0, 0.05) is 5.39 Å². The van der Waals surface area contributed by atoms with Crippen molar-refractivity contribution in [2.75, 3.05) is 6.61 Å². The van der Waals surface area contributed by atoms with Gasteiger partial charge in [-0.25, -0.2) is 4.39 Å². The monoisotopic (exact) mass is 367 g/mol. The van der Waals surface area contributed by atoms with Gasteiger partial charge in [-0.3, -0.25) is 25.4 Å². The third kappa shape index (κ3) is 4.58. The number of hydrogen-bond donors (Lipinski definition) is 2. The van der Waals surface area contributed by atoms with Crippen LogP contribution in [0.1, 0.15) is 21.6 Å². The van der Waals surface area contributed by atoms with Crippen LogP contribution < -0.4 is 15.6 Å². The minimum atomic E-state index is -0.546. The summed E-state index contributed by atoms with van der Waals surface area (Å²) in [7, 11) is 0. The Bertz CT molecular complexity index is 1000. The zero-order valence-electron chi connectivity index (χ0n) is 14.9. The molecule has 27 heavy (non-hydrogen) atoms. The zero-order chi connectivity index (χ0) is 19.4. The normalized spacial score (nSPS) is 10.5. The van der Waals surface area contributed by atoms with Gasteiger partial charge in [0.2, 0.25) is 0 Å². The summed E-state index contributed by atoms with van der Waals surface area (Å²) in [6, 6.07) is 12.8. The molecule has 2 aromatic carbocycles. The summed E-state index contributed by atoms with van der Waals surface area (Å²) in [5, 5.41) is 0.844. The fourth-order valence-corrected chi connectivity index (χ4v) is 2.53. The predicted molar refractivity (Wildman–Crippen MR) is 98.7 cm³/mol. The molecule has 0 saturated carbocycles. The lowest BCUT2D eigenvalue weighted by atomic mass is 10.1. The molecule has 0 fully saturated rings. The van der Waals surface area contributed by atoms with Crippen LogP contribution in [-0.2, 0) is 4.79 Å². The van der Waals surface area contributed by atoms with Gasteiger partial charge in [0.05, 0.1) is 16.8 Å². The number of aromatic nitrogens is 1. The predicted octanol–water partition coefficient (Wildman–Crippen LogP) is 2.83. The van der Waals surface area contributed by atoms with Gasteiger partial charge >= 0.3 is 0 Å². The molecular weight excluding hydrogens is 349 g/mol. The van der Waals surface area contributed by atoms with Gasteiger partial charge in [0.25, 0.3) is 11.8 Å². The highest BCUT2D eigenvalue weighted by Crippen LogP contribution is 2.18. The summed E-state index contributed by atoms with van der Waals surface area (Å²) in [6.45, 7) is 3.37. The van der Waals surface area contributed by atoms with Crippen molar-refractivity contribution in [2.24, 2.45) is 0 Å². The molecule has 0 atom stereocenters. The average molecular weight is 367 g/mol. The number of hydrogen-bond acceptors (Lipinski definition) is 4. The molecule has 0 radical (unpaired) electrons. The van der Waals surface area contributed by atoms with Crippen LogP contribution in [0.3, 0.4) is 0 Å². The number of carbonyl (C=O) groups excluding carboxylic acids is 2. The van der Waals surface area contributed by atoms with Crippen molar-refractivity contribution in [3.05, 3.63) is 71.2 Å². The first-order chi connectivity index (χ1) is 12.9. The lowest BCUT2D eigenvalue weighted by Crippen LogP contribution is -2.44. The first-order valence-corrected chi connectivity index (χ1v) is 8.28. The Hall–Kier alpha value is -3.48. The Morgan fingerprint density at radius 3 is 2.52 bits per heavy atom. The van der Waals surface area contributed by atoms with Gasteiger partial charge in [-0.05, 0) is 56.3 Å². The number of amides is 2. The number of hydrazine groups is 1. The lowest BCUT2D eigenvalue weighted by molar-refractivity contribution is -0.123. The van der Waals surface area contributed by atoms with Gasteiger partial charge in [0.15, 0.2) is 6.61 Å². The summed E-state index contributed by atoms with van der Waals surface area (Å²) in [5.74, 6) is -1.06. The summed E-state index contributed by atoms with van der Waals surface area (Å²) < 4.78 is 18.0. The summed E-state index contributed by atoms with van der Waals surface area (Å²) in [5.41, 5.74) is 7.41. The molecule has 6 nitrogen and oxygen atoms in total. The molecule has 0 unspecified atom stereocenters. The second kappa shape index (κ2) is 7.82. The quantitative estimate of drug-likeness (QED) is 0.695. The molecule has 0 saturated heterocycles. The van der Waals surface area contributed by atoms with Crippen LogP contribution in [0.2, 0.25) is 0 Å². The maximum Gasteiger partial charge on any atom is 0.276 e. The first kappa shape index (κ1) is 18.3. The number of benzene rings is 2. The molecule has 2 N–H and O–H groups in total. The number of halogens is 1. The van der Waals surface area contributed by atoms with E-state index in [1.807, 2.05) is 25.1 Å². The number of nitrogens with zero attached hydrogens (tertiary/aromatic N) is 1. The minimum absolute atomic E-state index is 0.319. The van der Waals surface area contributed by atoms with Crippen LogP contribution in [-0.4, -0.2) is 23.4 Å². The Morgan fingerprint density at radius 1 is 1.04 bits per heavy atom. The third-order valence-corrected chi connectivity index (χ3v) is 3.90. The molecular formula is C20H18FN3O3. The van der Waals surface area contributed by atoms with Crippen molar-refractivity contribution in [3.8, 4) is 5.75 Å². The average Bonchev–Trinajstić information content (AvgIpc) is 2.65. The topological polar surface area (TPSA) is 80.3 Å². The van der Waals surface area contributed by atoms with E-state index in [-0.39, 0.29) is 6.61 Å². The highest BCUT2D eigenvalue weighted by Gasteiger charge is 2.13. The van der Waals surface area contributed by atoms with Crippen molar-refractivity contribution in [1.29, 1.82) is 0 Å². The number of nitrogens with one attached hydrogen (secondary N) is 2. The Morgan fingerprint density at radius 2 is 1.78 bits per heavy atom. The van der Waals surface area contributed by atoms with Crippen LogP contribution >= 0.6 is 0 Å². The second-order valence-corrected chi connectivity index (χ2v) is 6.06. The Kier molecular flexibility index (Phi) is 5.30. The molecule has 2 amide bonds. The Balaban J connectivity index is 1.60. The molecule has 1 heterocycles. The van der Waals surface area contributed by atoms with Gasteiger partial charge in [0.1, 0.15) is 11.6 Å². The fourth-order valence-electron chi connectivity index (χ4n) is 2.53. The van der Waals surface area contributed by atoms with E-state index in [1.165, 1.54) is 24.3 Å². The third-order valence-electron chi connectivity index (χ3n) is 3.90. The molecule has 138 valence electrons. The van der Waals surface area contributed by atoms with Crippen molar-refractivity contribution in [3.63, 3.8) is 0 Å². The van der Waals surface area contributed by atoms with Gasteiger partial charge < -0.3 is 4.74 Å². The molecule has 0 aliphatic heterocycles. The molecule has 0 aliphatic carbocycles.